The normalized spacial score (nSPS) is 17.4. The monoisotopic (exact) mass is 409 g/mol. The standard InChI is InChI=1S/C20H19N5OS2/c26-18(13-27-20-23-22-17-9-3-4-11-25(17)20)24-10-5-6-14(12-24)19-21-15-7-1-2-8-16(15)28-19/h1-4,7-9,11,14H,5-6,10,12-13H2. The molecule has 1 aliphatic rings. The second-order valence-electron chi connectivity index (χ2n) is 6.90. The van der Waals surface area contributed by atoms with Crippen LogP contribution in [0.25, 0.3) is 15.9 Å². The first kappa shape index (κ1) is 17.6. The van der Waals surface area contributed by atoms with Crippen LogP contribution in [0.2, 0.25) is 0 Å². The van der Waals surface area contributed by atoms with E-state index in [-0.39, 0.29) is 5.91 Å². The van der Waals surface area contributed by atoms with Crippen LogP contribution in [0.15, 0.2) is 53.8 Å². The molecule has 0 bridgehead atoms. The Kier molecular flexibility index (Phi) is 4.74. The van der Waals surface area contributed by atoms with E-state index < -0.39 is 0 Å². The Bertz CT molecular complexity index is 1100. The molecule has 0 spiro atoms. The summed E-state index contributed by atoms with van der Waals surface area (Å²) in [6, 6.07) is 14.0. The van der Waals surface area contributed by atoms with Crippen molar-refractivity contribution in [1.29, 1.82) is 0 Å². The quantitative estimate of drug-likeness (QED) is 0.479. The van der Waals surface area contributed by atoms with E-state index >= 15 is 0 Å². The highest BCUT2D eigenvalue weighted by atomic mass is 32.2. The fraction of sp³-hybridized carbons (Fsp3) is 0.300. The molecule has 0 radical (unpaired) electrons. The first-order valence-electron chi connectivity index (χ1n) is 9.34. The minimum Gasteiger partial charge on any atom is -0.341 e. The van der Waals surface area contributed by atoms with Crippen molar-refractivity contribution >= 4 is 44.9 Å². The third kappa shape index (κ3) is 3.38. The van der Waals surface area contributed by atoms with Gasteiger partial charge in [0, 0.05) is 25.2 Å². The van der Waals surface area contributed by atoms with E-state index in [4.69, 9.17) is 4.98 Å². The number of hydrogen-bond donors (Lipinski definition) is 0. The molecule has 3 aromatic heterocycles. The van der Waals surface area contributed by atoms with Gasteiger partial charge >= 0.3 is 0 Å². The highest BCUT2D eigenvalue weighted by Gasteiger charge is 2.27. The van der Waals surface area contributed by atoms with Gasteiger partial charge in [0.2, 0.25) is 5.91 Å². The second-order valence-corrected chi connectivity index (χ2v) is 8.90. The minimum absolute atomic E-state index is 0.156. The van der Waals surface area contributed by atoms with Crippen LogP contribution in [0.5, 0.6) is 0 Å². The van der Waals surface area contributed by atoms with E-state index in [2.05, 4.69) is 22.3 Å². The number of thioether (sulfide) groups is 1. The molecule has 8 heteroatoms. The Morgan fingerprint density at radius 1 is 1.18 bits per heavy atom. The number of nitrogens with zero attached hydrogens (tertiary/aromatic N) is 5. The van der Waals surface area contributed by atoms with Crippen LogP contribution in [-0.4, -0.2) is 49.2 Å². The molecule has 5 rings (SSSR count). The number of fused-ring (bicyclic) bond motifs is 2. The molecule has 1 saturated heterocycles. The maximum absolute atomic E-state index is 12.8. The van der Waals surface area contributed by atoms with Gasteiger partial charge in [0.05, 0.1) is 21.0 Å². The lowest BCUT2D eigenvalue weighted by Gasteiger charge is -2.31. The molecule has 1 atom stereocenters. The number of pyridine rings is 1. The molecule has 0 aliphatic carbocycles. The summed E-state index contributed by atoms with van der Waals surface area (Å²) in [6.45, 7) is 1.57. The molecular formula is C20H19N5OS2. The lowest BCUT2D eigenvalue weighted by molar-refractivity contribution is -0.129. The molecule has 1 amide bonds. The summed E-state index contributed by atoms with van der Waals surface area (Å²) in [5.41, 5.74) is 1.85. The van der Waals surface area contributed by atoms with Crippen molar-refractivity contribution in [2.75, 3.05) is 18.8 Å². The van der Waals surface area contributed by atoms with Crippen molar-refractivity contribution in [3.8, 4) is 0 Å². The van der Waals surface area contributed by atoms with Crippen LogP contribution in [0.3, 0.4) is 0 Å². The Balaban J connectivity index is 1.26. The van der Waals surface area contributed by atoms with Gasteiger partial charge in [-0.25, -0.2) is 4.98 Å². The zero-order valence-corrected chi connectivity index (χ0v) is 16.8. The first-order chi connectivity index (χ1) is 13.8. The number of carbonyl (C=O) groups is 1. The van der Waals surface area contributed by atoms with Gasteiger partial charge in [-0.3, -0.25) is 9.20 Å². The van der Waals surface area contributed by atoms with Crippen molar-refractivity contribution in [2.24, 2.45) is 0 Å². The number of benzene rings is 1. The summed E-state index contributed by atoms with van der Waals surface area (Å²) < 4.78 is 3.13. The molecule has 4 heterocycles. The average molecular weight is 410 g/mol. The largest absolute Gasteiger partial charge is 0.341 e. The topological polar surface area (TPSA) is 63.4 Å². The predicted molar refractivity (Wildman–Crippen MR) is 112 cm³/mol. The number of thiazole rings is 1. The van der Waals surface area contributed by atoms with E-state index in [0.717, 1.165) is 47.3 Å². The summed E-state index contributed by atoms with van der Waals surface area (Å²) in [6.07, 6.45) is 4.03. The summed E-state index contributed by atoms with van der Waals surface area (Å²) in [7, 11) is 0. The highest BCUT2D eigenvalue weighted by Crippen LogP contribution is 2.33. The molecule has 1 fully saturated rings. The van der Waals surface area contributed by atoms with Gasteiger partial charge in [0.1, 0.15) is 0 Å². The summed E-state index contributed by atoms with van der Waals surface area (Å²) >= 11 is 3.20. The Labute approximate surface area is 170 Å². The van der Waals surface area contributed by atoms with Gasteiger partial charge in [-0.2, -0.15) is 0 Å². The molecule has 142 valence electrons. The Morgan fingerprint density at radius 2 is 2.07 bits per heavy atom. The number of carbonyl (C=O) groups excluding carboxylic acids is 1. The lowest BCUT2D eigenvalue weighted by atomic mass is 9.99. The fourth-order valence-electron chi connectivity index (χ4n) is 3.61. The molecule has 1 aliphatic heterocycles. The lowest BCUT2D eigenvalue weighted by Crippen LogP contribution is -2.40. The maximum Gasteiger partial charge on any atom is 0.233 e. The van der Waals surface area contributed by atoms with Crippen LogP contribution in [0, 0.1) is 0 Å². The number of aromatic nitrogens is 4. The average Bonchev–Trinajstić information content (AvgIpc) is 3.36. The Morgan fingerprint density at radius 3 is 3.00 bits per heavy atom. The minimum atomic E-state index is 0.156. The predicted octanol–water partition coefficient (Wildman–Crippen LogP) is 3.84. The number of para-hydroxylation sites is 1. The SMILES string of the molecule is O=C(CSc1nnc2ccccn12)N1CCCC(c2nc3ccccc3s2)C1. The van der Waals surface area contributed by atoms with Crippen LogP contribution in [-0.2, 0) is 4.79 Å². The van der Waals surface area contributed by atoms with Crippen LogP contribution < -0.4 is 0 Å². The zero-order chi connectivity index (χ0) is 18.9. The Hall–Kier alpha value is -2.45. The molecule has 0 saturated carbocycles. The molecule has 0 N–H and O–H groups in total. The number of hydrogen-bond acceptors (Lipinski definition) is 6. The highest BCUT2D eigenvalue weighted by molar-refractivity contribution is 7.99. The summed E-state index contributed by atoms with van der Waals surface area (Å²) in [4.78, 5) is 19.6. The first-order valence-corrected chi connectivity index (χ1v) is 11.1. The van der Waals surface area contributed by atoms with Crippen molar-refractivity contribution in [3.63, 3.8) is 0 Å². The van der Waals surface area contributed by atoms with E-state index in [0.29, 0.717) is 11.7 Å². The van der Waals surface area contributed by atoms with Gasteiger partial charge < -0.3 is 4.90 Å². The summed E-state index contributed by atoms with van der Waals surface area (Å²) in [5, 5.41) is 10.2. The molecule has 28 heavy (non-hydrogen) atoms. The third-order valence-electron chi connectivity index (χ3n) is 5.04. The number of piperidine rings is 1. The smallest absolute Gasteiger partial charge is 0.233 e. The molecule has 4 aromatic rings. The van der Waals surface area contributed by atoms with Crippen LogP contribution in [0.1, 0.15) is 23.8 Å². The van der Waals surface area contributed by atoms with E-state index in [1.54, 1.807) is 11.3 Å². The molecular weight excluding hydrogens is 390 g/mol. The third-order valence-corrected chi connectivity index (χ3v) is 7.17. The van der Waals surface area contributed by atoms with Gasteiger partial charge in [0.15, 0.2) is 10.8 Å². The molecule has 1 aromatic carbocycles. The van der Waals surface area contributed by atoms with Gasteiger partial charge in [0.25, 0.3) is 0 Å². The number of likely N-dealkylation sites (tertiary alicyclic amines) is 1. The molecule has 1 unspecified atom stereocenters. The van der Waals surface area contributed by atoms with Crippen LogP contribution >= 0.6 is 23.1 Å². The zero-order valence-electron chi connectivity index (χ0n) is 15.2. The van der Waals surface area contributed by atoms with E-state index in [9.17, 15) is 4.79 Å². The number of rotatable bonds is 4. The van der Waals surface area contributed by atoms with E-state index in [1.807, 2.05) is 45.8 Å². The van der Waals surface area contributed by atoms with Gasteiger partial charge in [-0.15, -0.1) is 21.5 Å². The van der Waals surface area contributed by atoms with Gasteiger partial charge in [-0.05, 0) is 37.1 Å². The van der Waals surface area contributed by atoms with Crippen molar-refractivity contribution in [1.82, 2.24) is 24.5 Å². The fourth-order valence-corrected chi connectivity index (χ4v) is 5.53. The van der Waals surface area contributed by atoms with Gasteiger partial charge in [-0.1, -0.05) is 30.0 Å². The maximum atomic E-state index is 12.8. The van der Waals surface area contributed by atoms with Crippen molar-refractivity contribution in [2.45, 2.75) is 23.9 Å². The second kappa shape index (κ2) is 7.52. The van der Waals surface area contributed by atoms with Crippen molar-refractivity contribution < 1.29 is 4.79 Å². The van der Waals surface area contributed by atoms with Crippen molar-refractivity contribution in [3.05, 3.63) is 53.7 Å². The van der Waals surface area contributed by atoms with E-state index in [1.165, 1.54) is 16.5 Å². The summed E-state index contributed by atoms with van der Waals surface area (Å²) in [5.74, 6) is 0.861. The molecule has 6 nitrogen and oxygen atoms in total. The van der Waals surface area contributed by atoms with Crippen LogP contribution in [0.4, 0.5) is 0 Å². The number of amides is 1.